The topological polar surface area (TPSA) is 35.5 Å². The summed E-state index contributed by atoms with van der Waals surface area (Å²) >= 11 is 6.49. The number of hydrogen-bond acceptors (Lipinski definition) is 3. The van der Waals surface area contributed by atoms with Crippen LogP contribution in [0.1, 0.15) is 15.9 Å². The minimum absolute atomic E-state index is 0.292. The maximum atomic E-state index is 13.1. The van der Waals surface area contributed by atoms with Gasteiger partial charge in [-0.15, -0.1) is 0 Å². The molecule has 0 heterocycles. The van der Waals surface area contributed by atoms with Crippen LogP contribution in [0.15, 0.2) is 45.3 Å². The van der Waals surface area contributed by atoms with E-state index >= 15 is 0 Å². The predicted molar refractivity (Wildman–Crippen MR) is 83.9 cm³/mol. The molecule has 2 rings (SSSR count). The lowest BCUT2D eigenvalue weighted by atomic mass is 10.1. The maximum absolute atomic E-state index is 13.1. The number of halogens is 3. The quantitative estimate of drug-likeness (QED) is 0.675. The average Bonchev–Trinajstić information content (AvgIpc) is 2.48. The van der Waals surface area contributed by atoms with Crippen LogP contribution in [-0.2, 0) is 11.3 Å². The Morgan fingerprint density at radius 3 is 2.52 bits per heavy atom. The molecule has 0 fully saturated rings. The standard InChI is InChI=1S/C15H11Br2FO3/c1-20-15(19)9-2-3-10(12(16)6-9)8-21-11-4-5-14(18)13(17)7-11/h2-7H,8H2,1H3. The van der Waals surface area contributed by atoms with Gasteiger partial charge in [-0.05, 0) is 46.3 Å². The second-order valence-corrected chi connectivity index (χ2v) is 5.87. The van der Waals surface area contributed by atoms with Crippen LogP contribution in [0.3, 0.4) is 0 Å². The summed E-state index contributed by atoms with van der Waals surface area (Å²) in [5.74, 6) is -0.191. The molecule has 3 nitrogen and oxygen atoms in total. The van der Waals surface area contributed by atoms with Gasteiger partial charge in [-0.3, -0.25) is 0 Å². The van der Waals surface area contributed by atoms with Crippen molar-refractivity contribution in [2.75, 3.05) is 7.11 Å². The number of esters is 1. The Hall–Kier alpha value is -1.40. The molecule has 0 radical (unpaired) electrons. The van der Waals surface area contributed by atoms with E-state index in [1.807, 2.05) is 0 Å². The highest BCUT2D eigenvalue weighted by Gasteiger charge is 2.09. The summed E-state index contributed by atoms with van der Waals surface area (Å²) in [6.45, 7) is 0.292. The van der Waals surface area contributed by atoms with Crippen LogP contribution in [0.25, 0.3) is 0 Å². The Bertz CT molecular complexity index is 674. The lowest BCUT2D eigenvalue weighted by Gasteiger charge is -2.09. The highest BCUT2D eigenvalue weighted by Crippen LogP contribution is 2.24. The van der Waals surface area contributed by atoms with Gasteiger partial charge < -0.3 is 9.47 Å². The van der Waals surface area contributed by atoms with Gasteiger partial charge in [0.25, 0.3) is 0 Å². The van der Waals surface area contributed by atoms with Crippen LogP contribution in [0.5, 0.6) is 5.75 Å². The largest absolute Gasteiger partial charge is 0.489 e. The Morgan fingerprint density at radius 2 is 1.90 bits per heavy atom. The Labute approximate surface area is 138 Å². The van der Waals surface area contributed by atoms with E-state index in [1.165, 1.54) is 13.2 Å². The first-order valence-electron chi connectivity index (χ1n) is 5.96. The summed E-state index contributed by atoms with van der Waals surface area (Å²) in [7, 11) is 1.33. The summed E-state index contributed by atoms with van der Waals surface area (Å²) in [5.41, 5.74) is 1.32. The highest BCUT2D eigenvalue weighted by molar-refractivity contribution is 9.10. The maximum Gasteiger partial charge on any atom is 0.337 e. The molecule has 0 saturated heterocycles. The molecule has 0 amide bonds. The molecule has 0 aliphatic heterocycles. The third-order valence-corrected chi connectivity index (χ3v) is 4.11. The second kappa shape index (κ2) is 7.04. The number of methoxy groups -OCH3 is 1. The number of benzene rings is 2. The molecule has 21 heavy (non-hydrogen) atoms. The van der Waals surface area contributed by atoms with E-state index in [0.717, 1.165) is 10.0 Å². The van der Waals surface area contributed by atoms with Gasteiger partial charge in [0.2, 0.25) is 0 Å². The van der Waals surface area contributed by atoms with Gasteiger partial charge in [-0.1, -0.05) is 22.0 Å². The van der Waals surface area contributed by atoms with Gasteiger partial charge >= 0.3 is 5.97 Å². The average molecular weight is 418 g/mol. The molecule has 0 spiro atoms. The zero-order chi connectivity index (χ0) is 15.4. The molecule has 2 aromatic carbocycles. The minimum Gasteiger partial charge on any atom is -0.489 e. The van der Waals surface area contributed by atoms with E-state index in [0.29, 0.717) is 22.4 Å². The number of hydrogen-bond donors (Lipinski definition) is 0. The zero-order valence-electron chi connectivity index (χ0n) is 11.0. The van der Waals surface area contributed by atoms with E-state index in [2.05, 4.69) is 36.6 Å². The fraction of sp³-hybridized carbons (Fsp3) is 0.133. The second-order valence-electron chi connectivity index (χ2n) is 4.16. The highest BCUT2D eigenvalue weighted by atomic mass is 79.9. The summed E-state index contributed by atoms with van der Waals surface area (Å²) in [4.78, 5) is 11.4. The van der Waals surface area contributed by atoms with Crippen molar-refractivity contribution >= 4 is 37.8 Å². The third kappa shape index (κ3) is 4.04. The number of carbonyl (C=O) groups is 1. The number of ether oxygens (including phenoxy) is 2. The summed E-state index contributed by atoms with van der Waals surface area (Å²) < 4.78 is 24.5. The third-order valence-electron chi connectivity index (χ3n) is 2.76. The van der Waals surface area contributed by atoms with Crippen LogP contribution in [0, 0.1) is 5.82 Å². The molecule has 0 aliphatic rings. The van der Waals surface area contributed by atoms with Crippen molar-refractivity contribution in [2.24, 2.45) is 0 Å². The van der Waals surface area contributed by atoms with Gasteiger partial charge in [0.1, 0.15) is 18.2 Å². The first kappa shape index (κ1) is 16.0. The molecule has 0 aliphatic carbocycles. The number of rotatable bonds is 4. The predicted octanol–water partition coefficient (Wildman–Crippen LogP) is 4.72. The normalized spacial score (nSPS) is 10.3. The molecule has 0 unspecified atom stereocenters. The Kier molecular flexibility index (Phi) is 5.36. The first-order valence-corrected chi connectivity index (χ1v) is 7.54. The van der Waals surface area contributed by atoms with Crippen LogP contribution in [0.4, 0.5) is 4.39 Å². The first-order chi connectivity index (χ1) is 10.0. The van der Waals surface area contributed by atoms with Crippen molar-refractivity contribution in [1.82, 2.24) is 0 Å². The molecular weight excluding hydrogens is 407 g/mol. The van der Waals surface area contributed by atoms with E-state index in [9.17, 15) is 9.18 Å². The number of carbonyl (C=O) groups excluding carboxylic acids is 1. The lowest BCUT2D eigenvalue weighted by molar-refractivity contribution is 0.0600. The molecule has 0 saturated carbocycles. The summed E-state index contributed by atoms with van der Waals surface area (Å²) in [6.07, 6.45) is 0. The molecule has 0 N–H and O–H groups in total. The van der Waals surface area contributed by atoms with Crippen molar-refractivity contribution in [3.8, 4) is 5.75 Å². The van der Waals surface area contributed by atoms with Crippen molar-refractivity contribution in [1.29, 1.82) is 0 Å². The fourth-order valence-corrected chi connectivity index (χ4v) is 2.49. The SMILES string of the molecule is COC(=O)c1ccc(COc2ccc(F)c(Br)c2)c(Br)c1. The molecular formula is C15H11Br2FO3. The van der Waals surface area contributed by atoms with Crippen molar-refractivity contribution in [3.63, 3.8) is 0 Å². The smallest absolute Gasteiger partial charge is 0.337 e. The molecule has 0 atom stereocenters. The molecule has 0 bridgehead atoms. The van der Waals surface area contributed by atoms with Crippen molar-refractivity contribution in [3.05, 3.63) is 62.3 Å². The van der Waals surface area contributed by atoms with Crippen molar-refractivity contribution < 1.29 is 18.7 Å². The zero-order valence-corrected chi connectivity index (χ0v) is 14.2. The molecule has 2 aromatic rings. The van der Waals surface area contributed by atoms with E-state index < -0.39 is 5.97 Å². The van der Waals surface area contributed by atoms with E-state index in [1.54, 1.807) is 30.3 Å². The van der Waals surface area contributed by atoms with Crippen LogP contribution in [0.2, 0.25) is 0 Å². The lowest BCUT2D eigenvalue weighted by Crippen LogP contribution is -2.03. The van der Waals surface area contributed by atoms with Crippen LogP contribution >= 0.6 is 31.9 Å². The van der Waals surface area contributed by atoms with Gasteiger partial charge in [0, 0.05) is 10.0 Å². The monoisotopic (exact) mass is 416 g/mol. The van der Waals surface area contributed by atoms with Crippen LogP contribution < -0.4 is 4.74 Å². The van der Waals surface area contributed by atoms with E-state index in [-0.39, 0.29) is 5.82 Å². The van der Waals surface area contributed by atoms with Gasteiger partial charge in [-0.25, -0.2) is 9.18 Å². The Morgan fingerprint density at radius 1 is 1.14 bits per heavy atom. The summed E-state index contributed by atoms with van der Waals surface area (Å²) in [6, 6.07) is 9.55. The van der Waals surface area contributed by atoms with Gasteiger partial charge in [-0.2, -0.15) is 0 Å². The van der Waals surface area contributed by atoms with Gasteiger partial charge in [0.05, 0.1) is 17.1 Å². The van der Waals surface area contributed by atoms with Crippen molar-refractivity contribution in [2.45, 2.75) is 6.61 Å². The van der Waals surface area contributed by atoms with E-state index in [4.69, 9.17) is 4.74 Å². The molecule has 110 valence electrons. The fourth-order valence-electron chi connectivity index (χ4n) is 1.64. The molecule has 6 heteroatoms. The Balaban J connectivity index is 2.09. The minimum atomic E-state index is -0.398. The van der Waals surface area contributed by atoms with Gasteiger partial charge in [0.15, 0.2) is 0 Å². The van der Waals surface area contributed by atoms with Crippen LogP contribution in [-0.4, -0.2) is 13.1 Å². The molecule has 0 aromatic heterocycles. The summed E-state index contributed by atoms with van der Waals surface area (Å²) in [5, 5.41) is 0.